The van der Waals surface area contributed by atoms with Gasteiger partial charge in [0.2, 0.25) is 0 Å². The van der Waals surface area contributed by atoms with Crippen LogP contribution in [-0.4, -0.2) is 22.4 Å². The molecule has 2 heterocycles. The van der Waals surface area contributed by atoms with Gasteiger partial charge in [0.15, 0.2) is 6.29 Å². The van der Waals surface area contributed by atoms with Gasteiger partial charge >= 0.3 is 5.69 Å². The molecule has 0 spiro atoms. The lowest BCUT2D eigenvalue weighted by Gasteiger charge is -2.10. The molecule has 1 aliphatic heterocycles. The highest BCUT2D eigenvalue weighted by atomic mass is 16.2. The summed E-state index contributed by atoms with van der Waals surface area (Å²) in [5.74, 6) is 0.344. The highest BCUT2D eigenvalue weighted by molar-refractivity contribution is 5.81. The molecule has 2 rings (SSSR count). The third kappa shape index (κ3) is 1.58. The summed E-state index contributed by atoms with van der Waals surface area (Å²) in [6.45, 7) is 1.20. The minimum Gasteiger partial charge on any atom is -0.371 e. The fourth-order valence-corrected chi connectivity index (χ4v) is 1.70. The van der Waals surface area contributed by atoms with Gasteiger partial charge in [0.25, 0.3) is 5.56 Å². The first-order valence-corrected chi connectivity index (χ1v) is 4.80. The van der Waals surface area contributed by atoms with Crippen molar-refractivity contribution >= 4 is 12.1 Å². The summed E-state index contributed by atoms with van der Waals surface area (Å²) < 4.78 is 1.40. The van der Waals surface area contributed by atoms with Crippen LogP contribution in [0.5, 0.6) is 0 Å². The largest absolute Gasteiger partial charge is 0.371 e. The Morgan fingerprint density at radius 3 is 2.80 bits per heavy atom. The first kappa shape index (κ1) is 9.70. The smallest absolute Gasteiger partial charge is 0.329 e. The molecule has 0 aliphatic carbocycles. The first-order chi connectivity index (χ1) is 7.24. The van der Waals surface area contributed by atoms with Crippen LogP contribution in [0.3, 0.4) is 0 Å². The summed E-state index contributed by atoms with van der Waals surface area (Å²) in [4.78, 5) is 35.6. The number of aromatic nitrogens is 2. The zero-order chi connectivity index (χ0) is 10.8. The predicted molar refractivity (Wildman–Crippen MR) is 54.4 cm³/mol. The van der Waals surface area contributed by atoms with Crippen LogP contribution >= 0.6 is 0 Å². The molecule has 1 aliphatic rings. The number of rotatable bonds is 1. The Morgan fingerprint density at radius 1 is 1.27 bits per heavy atom. The van der Waals surface area contributed by atoms with E-state index < -0.39 is 11.2 Å². The number of aromatic amines is 1. The van der Waals surface area contributed by atoms with Gasteiger partial charge < -0.3 is 5.32 Å². The van der Waals surface area contributed by atoms with Gasteiger partial charge in [0.05, 0.1) is 0 Å². The molecule has 0 aromatic carbocycles. The molecule has 0 fully saturated rings. The number of hydrogen-bond acceptors (Lipinski definition) is 4. The fourth-order valence-electron chi connectivity index (χ4n) is 1.70. The molecule has 0 unspecified atom stereocenters. The van der Waals surface area contributed by atoms with E-state index in [1.165, 1.54) is 4.57 Å². The number of carbonyl (C=O) groups is 1. The second-order valence-electron chi connectivity index (χ2n) is 3.42. The van der Waals surface area contributed by atoms with E-state index in [2.05, 4.69) is 10.3 Å². The third-order valence-electron chi connectivity index (χ3n) is 2.45. The van der Waals surface area contributed by atoms with E-state index in [4.69, 9.17) is 0 Å². The van der Waals surface area contributed by atoms with Crippen molar-refractivity contribution in [2.75, 3.05) is 11.9 Å². The maximum absolute atomic E-state index is 11.5. The van der Waals surface area contributed by atoms with Gasteiger partial charge in [-0.1, -0.05) is 0 Å². The maximum atomic E-state index is 11.5. The lowest BCUT2D eigenvalue weighted by atomic mass is 10.3. The molecule has 0 atom stereocenters. The van der Waals surface area contributed by atoms with Gasteiger partial charge in [-0.2, -0.15) is 0 Å². The number of carbonyl (C=O) groups excluding carboxylic acids is 1. The van der Waals surface area contributed by atoms with Crippen molar-refractivity contribution in [2.24, 2.45) is 0 Å². The van der Waals surface area contributed by atoms with Gasteiger partial charge in [0, 0.05) is 13.1 Å². The number of H-pyrrole nitrogens is 1. The van der Waals surface area contributed by atoms with Crippen LogP contribution in [0.15, 0.2) is 9.59 Å². The zero-order valence-electron chi connectivity index (χ0n) is 8.08. The summed E-state index contributed by atoms with van der Waals surface area (Å²) in [6, 6.07) is 0. The molecule has 1 aromatic rings. The normalized spacial score (nSPS) is 14.9. The van der Waals surface area contributed by atoms with Crippen molar-refractivity contribution in [3.8, 4) is 0 Å². The molecule has 6 heteroatoms. The minimum absolute atomic E-state index is 0.00324. The molecule has 0 amide bonds. The summed E-state index contributed by atoms with van der Waals surface area (Å²) in [5, 5.41) is 2.94. The monoisotopic (exact) mass is 209 g/mol. The number of fused-ring (bicyclic) bond motifs is 1. The van der Waals surface area contributed by atoms with Crippen molar-refractivity contribution in [1.29, 1.82) is 0 Å². The van der Waals surface area contributed by atoms with Crippen LogP contribution in [0, 0.1) is 0 Å². The van der Waals surface area contributed by atoms with Crippen LogP contribution < -0.4 is 16.6 Å². The Morgan fingerprint density at radius 2 is 2.07 bits per heavy atom. The highest BCUT2D eigenvalue weighted by Crippen LogP contribution is 2.11. The van der Waals surface area contributed by atoms with Crippen molar-refractivity contribution in [2.45, 2.75) is 19.4 Å². The minimum atomic E-state index is -0.629. The average molecular weight is 209 g/mol. The summed E-state index contributed by atoms with van der Waals surface area (Å²) in [7, 11) is 0. The van der Waals surface area contributed by atoms with Crippen LogP contribution in [0.4, 0.5) is 5.82 Å². The Balaban J connectivity index is 2.74. The molecule has 80 valence electrons. The standard InChI is InChI=1S/C9H11N3O3/c13-5-6-7-10-3-1-2-4-12(7)9(15)11-8(6)14/h5,10H,1-4H2,(H,11,14,15). The summed E-state index contributed by atoms with van der Waals surface area (Å²) in [6.07, 6.45) is 2.24. The number of nitrogens with zero attached hydrogens (tertiary/aromatic N) is 1. The van der Waals surface area contributed by atoms with Crippen molar-refractivity contribution in [3.63, 3.8) is 0 Å². The lowest BCUT2D eigenvalue weighted by molar-refractivity contribution is 0.112. The second kappa shape index (κ2) is 3.72. The van der Waals surface area contributed by atoms with E-state index in [9.17, 15) is 14.4 Å². The number of anilines is 1. The number of aldehydes is 1. The van der Waals surface area contributed by atoms with E-state index in [-0.39, 0.29) is 5.56 Å². The molecule has 1 aromatic heterocycles. The van der Waals surface area contributed by atoms with Gasteiger partial charge in [-0.15, -0.1) is 0 Å². The van der Waals surface area contributed by atoms with Crippen molar-refractivity contribution in [3.05, 3.63) is 26.4 Å². The molecule has 15 heavy (non-hydrogen) atoms. The Labute approximate surface area is 84.9 Å². The first-order valence-electron chi connectivity index (χ1n) is 4.80. The van der Waals surface area contributed by atoms with Crippen LogP contribution in [0.1, 0.15) is 23.2 Å². The Hall–Kier alpha value is -1.85. The average Bonchev–Trinajstić information content (AvgIpc) is 2.44. The van der Waals surface area contributed by atoms with E-state index in [1.54, 1.807) is 0 Å². The SMILES string of the molecule is O=Cc1c2n(c(=O)[nH]c1=O)CCCCN2. The van der Waals surface area contributed by atoms with Crippen molar-refractivity contribution in [1.82, 2.24) is 9.55 Å². The number of hydrogen-bond donors (Lipinski definition) is 2. The second-order valence-corrected chi connectivity index (χ2v) is 3.42. The van der Waals surface area contributed by atoms with Gasteiger partial charge in [0.1, 0.15) is 11.4 Å². The van der Waals surface area contributed by atoms with E-state index in [0.717, 1.165) is 12.8 Å². The van der Waals surface area contributed by atoms with Crippen LogP contribution in [-0.2, 0) is 6.54 Å². The predicted octanol–water partition coefficient (Wildman–Crippen LogP) is -0.445. The van der Waals surface area contributed by atoms with E-state index in [1.807, 2.05) is 0 Å². The summed E-state index contributed by atoms with van der Waals surface area (Å²) >= 11 is 0. The zero-order valence-corrected chi connectivity index (χ0v) is 8.08. The topological polar surface area (TPSA) is 84.0 Å². The fraction of sp³-hybridized carbons (Fsp3) is 0.444. The third-order valence-corrected chi connectivity index (χ3v) is 2.45. The molecule has 6 nitrogen and oxygen atoms in total. The Bertz CT molecular complexity index is 500. The molecule has 0 bridgehead atoms. The molecule has 0 saturated heterocycles. The quantitative estimate of drug-likeness (QED) is 0.614. The molecule has 2 N–H and O–H groups in total. The molecular weight excluding hydrogens is 198 g/mol. The van der Waals surface area contributed by atoms with E-state index in [0.29, 0.717) is 25.2 Å². The van der Waals surface area contributed by atoms with E-state index >= 15 is 0 Å². The molecular formula is C9H11N3O3. The van der Waals surface area contributed by atoms with Crippen LogP contribution in [0.2, 0.25) is 0 Å². The maximum Gasteiger partial charge on any atom is 0.329 e. The summed E-state index contributed by atoms with van der Waals surface area (Å²) in [5.41, 5.74) is -1.10. The molecule has 0 radical (unpaired) electrons. The number of nitrogens with one attached hydrogen (secondary N) is 2. The molecule has 0 saturated carbocycles. The lowest BCUT2D eigenvalue weighted by Crippen LogP contribution is -2.33. The van der Waals surface area contributed by atoms with Crippen LogP contribution in [0.25, 0.3) is 0 Å². The van der Waals surface area contributed by atoms with Crippen molar-refractivity contribution < 1.29 is 4.79 Å². The van der Waals surface area contributed by atoms with Gasteiger partial charge in [-0.05, 0) is 12.8 Å². The van der Waals surface area contributed by atoms with Gasteiger partial charge in [-0.3, -0.25) is 19.1 Å². The highest BCUT2D eigenvalue weighted by Gasteiger charge is 2.15. The Kier molecular flexibility index (Phi) is 2.40. The van der Waals surface area contributed by atoms with Gasteiger partial charge in [-0.25, -0.2) is 4.79 Å².